The van der Waals surface area contributed by atoms with E-state index < -0.39 is 0 Å². The maximum Gasteiger partial charge on any atom is 0.219 e. The molecule has 106 valence electrons. The summed E-state index contributed by atoms with van der Waals surface area (Å²) < 4.78 is 5.68. The Morgan fingerprint density at radius 3 is 2.40 bits per heavy atom. The molecule has 1 aromatic carbocycles. The van der Waals surface area contributed by atoms with Gasteiger partial charge in [-0.25, -0.2) is 4.98 Å². The summed E-state index contributed by atoms with van der Waals surface area (Å²) in [5, 5.41) is 0. The van der Waals surface area contributed by atoms with E-state index in [-0.39, 0.29) is 0 Å². The molecule has 2 nitrogen and oxygen atoms in total. The molecule has 2 heteroatoms. The highest BCUT2D eigenvalue weighted by Gasteiger charge is 1.99. The van der Waals surface area contributed by atoms with Gasteiger partial charge in [-0.15, -0.1) is 0 Å². The number of hydrogen-bond donors (Lipinski definition) is 0. The van der Waals surface area contributed by atoms with E-state index in [2.05, 4.69) is 18.0 Å². The molecule has 0 aliphatic rings. The normalized spacial score (nSPS) is 10.4. The van der Waals surface area contributed by atoms with Crippen molar-refractivity contribution in [3.8, 4) is 11.6 Å². The highest BCUT2D eigenvalue weighted by molar-refractivity contribution is 5.27. The van der Waals surface area contributed by atoms with E-state index in [0.29, 0.717) is 5.88 Å². The van der Waals surface area contributed by atoms with Gasteiger partial charge in [0.15, 0.2) is 0 Å². The number of aryl methyl sites for hydroxylation is 1. The van der Waals surface area contributed by atoms with Gasteiger partial charge >= 0.3 is 0 Å². The maximum absolute atomic E-state index is 5.68. The van der Waals surface area contributed by atoms with Gasteiger partial charge in [-0.3, -0.25) is 0 Å². The van der Waals surface area contributed by atoms with E-state index in [1.807, 2.05) is 42.6 Å². The molecule has 0 fully saturated rings. The summed E-state index contributed by atoms with van der Waals surface area (Å²) in [6.07, 6.45) is 9.60. The van der Waals surface area contributed by atoms with Crippen LogP contribution in [0.25, 0.3) is 0 Å². The van der Waals surface area contributed by atoms with E-state index in [1.54, 1.807) is 0 Å². The molecule has 0 amide bonds. The summed E-state index contributed by atoms with van der Waals surface area (Å²) in [5.74, 6) is 1.48. The molecule has 0 radical (unpaired) electrons. The molecule has 20 heavy (non-hydrogen) atoms. The lowest BCUT2D eigenvalue weighted by atomic mass is 10.1. The van der Waals surface area contributed by atoms with Gasteiger partial charge in [0.1, 0.15) is 5.75 Å². The molecule has 0 bridgehead atoms. The zero-order chi connectivity index (χ0) is 14.0. The lowest BCUT2D eigenvalue weighted by Crippen LogP contribution is -1.91. The first-order valence-corrected chi connectivity index (χ1v) is 7.56. The SMILES string of the molecule is CCCCCCCc1ccc(Oc2ccccc2)nc1. The standard InChI is InChI=1S/C18H23NO/c1-2-3-4-5-7-10-16-13-14-18(19-15-16)20-17-11-8-6-9-12-17/h6,8-9,11-15H,2-5,7,10H2,1H3. The lowest BCUT2D eigenvalue weighted by Gasteiger charge is -2.05. The molecule has 0 atom stereocenters. The first-order valence-electron chi connectivity index (χ1n) is 7.56. The first kappa shape index (κ1) is 14.6. The lowest BCUT2D eigenvalue weighted by molar-refractivity contribution is 0.462. The van der Waals surface area contributed by atoms with Crippen LogP contribution in [-0.4, -0.2) is 4.98 Å². The van der Waals surface area contributed by atoms with Crippen LogP contribution in [0, 0.1) is 0 Å². The first-order chi connectivity index (χ1) is 9.88. The summed E-state index contributed by atoms with van der Waals surface area (Å²) in [6.45, 7) is 2.25. The van der Waals surface area contributed by atoms with Gasteiger partial charge < -0.3 is 4.74 Å². The zero-order valence-corrected chi connectivity index (χ0v) is 12.2. The van der Waals surface area contributed by atoms with Crippen molar-refractivity contribution < 1.29 is 4.74 Å². The van der Waals surface area contributed by atoms with Gasteiger partial charge in [0.25, 0.3) is 0 Å². The van der Waals surface area contributed by atoms with Crippen molar-refractivity contribution in [1.29, 1.82) is 0 Å². The van der Waals surface area contributed by atoms with Crippen LogP contribution >= 0.6 is 0 Å². The molecule has 0 unspecified atom stereocenters. The number of para-hydroxylation sites is 1. The fourth-order valence-corrected chi connectivity index (χ4v) is 2.16. The predicted molar refractivity (Wildman–Crippen MR) is 83.2 cm³/mol. The minimum absolute atomic E-state index is 0.658. The van der Waals surface area contributed by atoms with Crippen molar-refractivity contribution in [2.45, 2.75) is 45.4 Å². The van der Waals surface area contributed by atoms with E-state index >= 15 is 0 Å². The molecule has 0 spiro atoms. The van der Waals surface area contributed by atoms with Crippen LogP contribution in [0.2, 0.25) is 0 Å². The van der Waals surface area contributed by atoms with E-state index in [4.69, 9.17) is 4.74 Å². The van der Waals surface area contributed by atoms with Crippen LogP contribution in [-0.2, 0) is 6.42 Å². The Morgan fingerprint density at radius 1 is 0.900 bits per heavy atom. The van der Waals surface area contributed by atoms with Crippen molar-refractivity contribution in [3.63, 3.8) is 0 Å². The van der Waals surface area contributed by atoms with Gasteiger partial charge in [-0.2, -0.15) is 0 Å². The molecular formula is C18H23NO. The summed E-state index contributed by atoms with van der Waals surface area (Å²) in [6, 6.07) is 13.8. The average Bonchev–Trinajstić information content (AvgIpc) is 2.50. The number of aromatic nitrogens is 1. The van der Waals surface area contributed by atoms with Gasteiger partial charge in [0.05, 0.1) is 0 Å². The van der Waals surface area contributed by atoms with Crippen molar-refractivity contribution >= 4 is 0 Å². The molecule has 0 saturated heterocycles. The number of ether oxygens (including phenoxy) is 1. The smallest absolute Gasteiger partial charge is 0.219 e. The highest BCUT2D eigenvalue weighted by Crippen LogP contribution is 2.19. The van der Waals surface area contributed by atoms with Crippen LogP contribution in [0.5, 0.6) is 11.6 Å². The van der Waals surface area contributed by atoms with Crippen molar-refractivity contribution in [1.82, 2.24) is 4.98 Å². The number of pyridine rings is 1. The van der Waals surface area contributed by atoms with E-state index in [0.717, 1.165) is 12.2 Å². The van der Waals surface area contributed by atoms with Crippen LogP contribution < -0.4 is 4.74 Å². The van der Waals surface area contributed by atoms with Gasteiger partial charge in [-0.1, -0.05) is 56.9 Å². The zero-order valence-electron chi connectivity index (χ0n) is 12.2. The Kier molecular flexibility index (Phi) is 6.09. The third-order valence-corrected chi connectivity index (χ3v) is 3.33. The monoisotopic (exact) mass is 269 g/mol. The third kappa shape index (κ3) is 5.04. The second kappa shape index (κ2) is 8.36. The molecule has 2 rings (SSSR count). The minimum atomic E-state index is 0.658. The number of unbranched alkanes of at least 4 members (excludes halogenated alkanes) is 4. The van der Waals surface area contributed by atoms with Crippen LogP contribution in [0.15, 0.2) is 48.7 Å². The summed E-state index contributed by atoms with van der Waals surface area (Å²) in [4.78, 5) is 4.37. The second-order valence-corrected chi connectivity index (χ2v) is 5.08. The number of rotatable bonds is 8. The largest absolute Gasteiger partial charge is 0.439 e. The average molecular weight is 269 g/mol. The molecule has 2 aromatic rings. The summed E-state index contributed by atoms with van der Waals surface area (Å²) >= 11 is 0. The van der Waals surface area contributed by atoms with Crippen LogP contribution in [0.3, 0.4) is 0 Å². The van der Waals surface area contributed by atoms with Crippen LogP contribution in [0.4, 0.5) is 0 Å². The maximum atomic E-state index is 5.68. The summed E-state index contributed by atoms with van der Waals surface area (Å²) in [7, 11) is 0. The Morgan fingerprint density at radius 2 is 1.70 bits per heavy atom. The van der Waals surface area contributed by atoms with Gasteiger partial charge in [0.2, 0.25) is 5.88 Å². The number of benzene rings is 1. The quantitative estimate of drug-likeness (QED) is 0.600. The van der Waals surface area contributed by atoms with Crippen LogP contribution in [0.1, 0.15) is 44.6 Å². The molecule has 1 aromatic heterocycles. The fourth-order valence-electron chi connectivity index (χ4n) is 2.16. The Balaban J connectivity index is 1.78. The van der Waals surface area contributed by atoms with Crippen molar-refractivity contribution in [2.75, 3.05) is 0 Å². The number of nitrogens with zero attached hydrogens (tertiary/aromatic N) is 1. The Bertz CT molecular complexity index is 479. The third-order valence-electron chi connectivity index (χ3n) is 3.33. The Hall–Kier alpha value is -1.83. The topological polar surface area (TPSA) is 22.1 Å². The summed E-state index contributed by atoms with van der Waals surface area (Å²) in [5.41, 5.74) is 1.29. The van der Waals surface area contributed by atoms with E-state index in [1.165, 1.54) is 37.7 Å². The second-order valence-electron chi connectivity index (χ2n) is 5.08. The number of hydrogen-bond acceptors (Lipinski definition) is 2. The van der Waals surface area contributed by atoms with Gasteiger partial charge in [0, 0.05) is 12.3 Å². The van der Waals surface area contributed by atoms with Gasteiger partial charge in [-0.05, 0) is 30.5 Å². The Labute approximate surface area is 121 Å². The minimum Gasteiger partial charge on any atom is -0.439 e. The molecular weight excluding hydrogens is 246 g/mol. The van der Waals surface area contributed by atoms with Crippen molar-refractivity contribution in [3.05, 3.63) is 54.2 Å². The highest BCUT2D eigenvalue weighted by atomic mass is 16.5. The molecule has 0 aliphatic carbocycles. The molecule has 0 N–H and O–H groups in total. The van der Waals surface area contributed by atoms with E-state index in [9.17, 15) is 0 Å². The molecule has 0 saturated carbocycles. The van der Waals surface area contributed by atoms with Crippen molar-refractivity contribution in [2.24, 2.45) is 0 Å². The molecule has 1 heterocycles. The molecule has 0 aliphatic heterocycles. The fraction of sp³-hybridized carbons (Fsp3) is 0.389. The predicted octanol–water partition coefficient (Wildman–Crippen LogP) is 5.39.